The zero-order valence-corrected chi connectivity index (χ0v) is 42.4. The lowest BCUT2D eigenvalue weighted by molar-refractivity contribution is -0.151. The minimum atomic E-state index is -0.795. The Morgan fingerprint density at radius 1 is 0.484 bits per heavy atom. The minimum Gasteiger partial charge on any atom is -0.462 e. The summed E-state index contributed by atoms with van der Waals surface area (Å²) < 4.78 is 5.94. The molecule has 6 heteroatoms. The van der Waals surface area contributed by atoms with Gasteiger partial charge in [0, 0.05) is 6.42 Å². The normalized spacial score (nSPS) is 13.6. The number of esters is 1. The molecule has 3 unspecified atom stereocenters. The summed E-state index contributed by atoms with van der Waals surface area (Å²) in [6.45, 7) is 6.34. The molecule has 0 aliphatic rings. The maximum absolute atomic E-state index is 13.2. The van der Waals surface area contributed by atoms with Crippen LogP contribution in [0.5, 0.6) is 0 Å². The summed E-state index contributed by atoms with van der Waals surface area (Å²) >= 11 is 0. The predicted octanol–water partition coefficient (Wildman–Crippen LogP) is 16.8. The Kier molecular flexibility index (Phi) is 49.6. The van der Waals surface area contributed by atoms with Gasteiger partial charge < -0.3 is 20.3 Å². The zero-order valence-electron chi connectivity index (χ0n) is 42.4. The summed E-state index contributed by atoms with van der Waals surface area (Å²) in [7, 11) is 0. The lowest BCUT2D eigenvalue weighted by atomic mass is 10.0. The van der Waals surface area contributed by atoms with Crippen molar-refractivity contribution in [1.29, 1.82) is 0 Å². The Bertz CT molecular complexity index is 1140. The van der Waals surface area contributed by atoms with Crippen molar-refractivity contribution in [3.63, 3.8) is 0 Å². The summed E-state index contributed by atoms with van der Waals surface area (Å²) in [6, 6.07) is -0.710. The molecule has 6 nitrogen and oxygen atoms in total. The van der Waals surface area contributed by atoms with Gasteiger partial charge >= 0.3 is 5.97 Å². The summed E-state index contributed by atoms with van der Waals surface area (Å²) in [4.78, 5) is 26.2. The van der Waals surface area contributed by atoms with Crippen molar-refractivity contribution in [2.45, 2.75) is 289 Å². The molecule has 0 saturated carbocycles. The maximum Gasteiger partial charge on any atom is 0.306 e. The van der Waals surface area contributed by atoms with Crippen LogP contribution in [-0.4, -0.2) is 46.9 Å². The van der Waals surface area contributed by atoms with Gasteiger partial charge in [-0.1, -0.05) is 242 Å². The molecule has 3 atom stereocenters. The van der Waals surface area contributed by atoms with Gasteiger partial charge in [0.25, 0.3) is 0 Å². The molecular formula is C58H105NO5. The van der Waals surface area contributed by atoms with Crippen LogP contribution < -0.4 is 5.32 Å². The number of nitrogens with one attached hydrogen (secondary N) is 1. The highest BCUT2D eigenvalue weighted by molar-refractivity contribution is 5.77. The molecule has 0 rings (SSSR count). The molecule has 0 spiro atoms. The van der Waals surface area contributed by atoms with Crippen LogP contribution in [-0.2, 0) is 14.3 Å². The van der Waals surface area contributed by atoms with Crippen molar-refractivity contribution in [3.05, 3.63) is 60.8 Å². The van der Waals surface area contributed by atoms with Gasteiger partial charge in [-0.05, 0) is 77.0 Å². The van der Waals surface area contributed by atoms with E-state index in [0.717, 1.165) is 96.3 Å². The van der Waals surface area contributed by atoms with Crippen LogP contribution in [0.2, 0.25) is 0 Å². The molecule has 0 fully saturated rings. The Labute approximate surface area is 397 Å². The molecule has 0 bridgehead atoms. The Morgan fingerprint density at radius 2 is 0.906 bits per heavy atom. The molecule has 3 N–H and O–H groups in total. The SMILES string of the molecule is CC/C=C/C=C/C=C\CCCCCCCC(=O)OC(CCCCCCCCC/C=C\C/C=C\CCCCC)CC(=O)NC(CO)C(O)CCCCCCCCCCCCCCCCC. The monoisotopic (exact) mass is 896 g/mol. The summed E-state index contributed by atoms with van der Waals surface area (Å²) in [6.07, 6.45) is 64.2. The molecule has 0 aromatic heterocycles. The molecule has 372 valence electrons. The number of ether oxygens (including phenoxy) is 1. The smallest absolute Gasteiger partial charge is 0.306 e. The Hall–Kier alpha value is -2.44. The largest absolute Gasteiger partial charge is 0.462 e. The summed E-state index contributed by atoms with van der Waals surface area (Å²) in [5, 5.41) is 23.9. The van der Waals surface area contributed by atoms with Crippen molar-refractivity contribution < 1.29 is 24.5 Å². The lowest BCUT2D eigenvalue weighted by Crippen LogP contribution is -2.46. The third kappa shape index (κ3) is 46.1. The number of amides is 1. The van der Waals surface area contributed by atoms with E-state index in [9.17, 15) is 19.8 Å². The molecule has 64 heavy (non-hydrogen) atoms. The number of allylic oxidation sites excluding steroid dienone is 10. The third-order valence-corrected chi connectivity index (χ3v) is 12.4. The fourth-order valence-corrected chi connectivity index (χ4v) is 8.23. The number of unbranched alkanes of at least 4 members (excludes halogenated alkanes) is 29. The van der Waals surface area contributed by atoms with Crippen LogP contribution in [0.25, 0.3) is 0 Å². The first kappa shape index (κ1) is 61.6. The van der Waals surface area contributed by atoms with Crippen LogP contribution in [0.15, 0.2) is 60.8 Å². The molecule has 0 aliphatic carbocycles. The number of hydrogen-bond acceptors (Lipinski definition) is 5. The highest BCUT2D eigenvalue weighted by Gasteiger charge is 2.24. The van der Waals surface area contributed by atoms with Gasteiger partial charge in [0.05, 0.1) is 25.2 Å². The van der Waals surface area contributed by atoms with Crippen molar-refractivity contribution in [3.8, 4) is 0 Å². The van der Waals surface area contributed by atoms with Crippen molar-refractivity contribution in [2.24, 2.45) is 0 Å². The number of aliphatic hydroxyl groups excluding tert-OH is 2. The Balaban J connectivity index is 4.59. The molecule has 0 aliphatic heterocycles. The first-order chi connectivity index (χ1) is 31.5. The predicted molar refractivity (Wildman–Crippen MR) is 278 cm³/mol. The highest BCUT2D eigenvalue weighted by Crippen LogP contribution is 2.18. The summed E-state index contributed by atoms with van der Waals surface area (Å²) in [5.41, 5.74) is 0. The average Bonchev–Trinajstić information content (AvgIpc) is 3.29. The standard InChI is InChI=1S/C58H105NO5/c1-4-7-10-13-16-19-22-25-27-28-30-32-34-37-40-43-46-49-54(64-58(63)51-48-45-42-39-36-31-24-21-18-15-12-9-6-3)52-57(62)59-55(53-60)56(61)50-47-44-41-38-35-33-29-26-23-20-17-14-11-8-5-2/h9,12,15-16,18-19,21,24-25,27,54-56,60-61H,4-8,10-11,13-14,17,20,22-23,26,28-53H2,1-3H3,(H,59,62)/b12-9+,18-15+,19-16-,24-21-,27-25-. The second kappa shape index (κ2) is 51.5. The second-order valence-corrected chi connectivity index (χ2v) is 18.7. The molecular weight excluding hydrogens is 791 g/mol. The van der Waals surface area contributed by atoms with Gasteiger partial charge in [-0.25, -0.2) is 0 Å². The van der Waals surface area contributed by atoms with Gasteiger partial charge in [-0.3, -0.25) is 9.59 Å². The van der Waals surface area contributed by atoms with E-state index in [2.05, 4.69) is 86.8 Å². The molecule has 0 aromatic carbocycles. The van der Waals surface area contributed by atoms with E-state index in [1.165, 1.54) is 128 Å². The topological polar surface area (TPSA) is 95.9 Å². The van der Waals surface area contributed by atoms with Crippen molar-refractivity contribution in [2.75, 3.05) is 6.61 Å². The van der Waals surface area contributed by atoms with E-state index in [4.69, 9.17) is 4.74 Å². The molecule has 0 saturated heterocycles. The molecule has 0 aromatic rings. The second-order valence-electron chi connectivity index (χ2n) is 18.7. The lowest BCUT2D eigenvalue weighted by Gasteiger charge is -2.24. The maximum atomic E-state index is 13.2. The van der Waals surface area contributed by atoms with Crippen molar-refractivity contribution >= 4 is 11.9 Å². The molecule has 0 heterocycles. The van der Waals surface area contributed by atoms with Gasteiger partial charge in [0.15, 0.2) is 0 Å². The number of hydrogen-bond donors (Lipinski definition) is 3. The van der Waals surface area contributed by atoms with Crippen LogP contribution in [0.1, 0.15) is 271 Å². The highest BCUT2D eigenvalue weighted by atomic mass is 16.5. The fraction of sp³-hybridized carbons (Fsp3) is 0.793. The number of carbonyl (C=O) groups excluding carboxylic acids is 2. The number of rotatable bonds is 49. The zero-order chi connectivity index (χ0) is 46.7. The average molecular weight is 896 g/mol. The number of aliphatic hydroxyl groups is 2. The van der Waals surface area contributed by atoms with E-state index in [-0.39, 0.29) is 24.9 Å². The first-order valence-electron chi connectivity index (χ1n) is 27.5. The van der Waals surface area contributed by atoms with E-state index >= 15 is 0 Å². The summed E-state index contributed by atoms with van der Waals surface area (Å²) in [5.74, 6) is -0.500. The van der Waals surface area contributed by atoms with E-state index in [1.807, 2.05) is 0 Å². The van der Waals surface area contributed by atoms with Gasteiger partial charge in [-0.15, -0.1) is 0 Å². The van der Waals surface area contributed by atoms with E-state index in [0.29, 0.717) is 19.3 Å². The van der Waals surface area contributed by atoms with Gasteiger partial charge in [0.2, 0.25) is 5.91 Å². The van der Waals surface area contributed by atoms with Crippen LogP contribution in [0.4, 0.5) is 0 Å². The molecule has 1 amide bonds. The Morgan fingerprint density at radius 3 is 1.42 bits per heavy atom. The van der Waals surface area contributed by atoms with Crippen LogP contribution in [0, 0.1) is 0 Å². The van der Waals surface area contributed by atoms with E-state index in [1.54, 1.807) is 0 Å². The quantitative estimate of drug-likeness (QED) is 0.0245. The van der Waals surface area contributed by atoms with Crippen LogP contribution in [0.3, 0.4) is 0 Å². The van der Waals surface area contributed by atoms with Crippen molar-refractivity contribution in [1.82, 2.24) is 5.32 Å². The number of carbonyl (C=O) groups is 2. The first-order valence-corrected chi connectivity index (χ1v) is 27.5. The van der Waals surface area contributed by atoms with E-state index < -0.39 is 18.2 Å². The van der Waals surface area contributed by atoms with Gasteiger partial charge in [0.1, 0.15) is 6.10 Å². The van der Waals surface area contributed by atoms with Crippen LogP contribution >= 0.6 is 0 Å². The van der Waals surface area contributed by atoms with Gasteiger partial charge in [-0.2, -0.15) is 0 Å². The third-order valence-electron chi connectivity index (χ3n) is 12.4. The fourth-order valence-electron chi connectivity index (χ4n) is 8.23. The molecule has 0 radical (unpaired) electrons. The minimum absolute atomic E-state index is 0.0632.